The molecular formula is C25H28N4O3. The number of carbonyl (C=O) groups is 2. The van der Waals surface area contributed by atoms with E-state index in [4.69, 9.17) is 4.74 Å². The molecule has 1 aromatic carbocycles. The summed E-state index contributed by atoms with van der Waals surface area (Å²) in [6.45, 7) is 4.02. The Hall–Kier alpha value is -3.66. The lowest BCUT2D eigenvalue weighted by Gasteiger charge is -2.20. The molecule has 0 aliphatic heterocycles. The van der Waals surface area contributed by atoms with Crippen LogP contribution in [-0.2, 0) is 11.2 Å². The van der Waals surface area contributed by atoms with Gasteiger partial charge in [-0.15, -0.1) is 0 Å². The number of methoxy groups -OCH3 is 1. The number of Topliss-reactive ketones (excluding diaryl/α,β-unsaturated/α-hetero) is 1. The van der Waals surface area contributed by atoms with E-state index in [0.29, 0.717) is 24.3 Å². The van der Waals surface area contributed by atoms with Gasteiger partial charge < -0.3 is 15.0 Å². The number of ether oxygens (including phenoxy) is 1. The number of ketones is 1. The van der Waals surface area contributed by atoms with E-state index in [0.717, 1.165) is 16.5 Å². The summed E-state index contributed by atoms with van der Waals surface area (Å²) >= 11 is 0. The highest BCUT2D eigenvalue weighted by Gasteiger charge is 2.26. The van der Waals surface area contributed by atoms with Crippen LogP contribution in [0.25, 0.3) is 10.9 Å². The number of aromatic amines is 1. The first kappa shape index (κ1) is 23.0. The third-order valence-corrected chi connectivity index (χ3v) is 5.34. The van der Waals surface area contributed by atoms with E-state index < -0.39 is 12.0 Å². The van der Waals surface area contributed by atoms with Crippen molar-refractivity contribution in [3.05, 3.63) is 60.0 Å². The highest BCUT2D eigenvalue weighted by atomic mass is 16.5. The van der Waals surface area contributed by atoms with E-state index in [-0.39, 0.29) is 24.0 Å². The molecule has 2 N–H and O–H groups in total. The quantitative estimate of drug-likeness (QED) is 0.470. The van der Waals surface area contributed by atoms with Gasteiger partial charge in [-0.25, -0.2) is 0 Å². The van der Waals surface area contributed by atoms with Gasteiger partial charge in [0, 0.05) is 42.1 Å². The van der Waals surface area contributed by atoms with Crippen LogP contribution in [0.4, 0.5) is 0 Å². The number of hydrogen-bond donors (Lipinski definition) is 2. The van der Waals surface area contributed by atoms with Crippen molar-refractivity contribution in [3.8, 4) is 11.8 Å². The topological polar surface area (TPSA) is 108 Å². The Morgan fingerprint density at radius 2 is 2.06 bits per heavy atom. The van der Waals surface area contributed by atoms with Gasteiger partial charge in [0.15, 0.2) is 5.78 Å². The van der Waals surface area contributed by atoms with Gasteiger partial charge in [0.05, 0.1) is 18.9 Å². The minimum Gasteiger partial charge on any atom is -0.496 e. The largest absolute Gasteiger partial charge is 0.496 e. The molecule has 166 valence electrons. The van der Waals surface area contributed by atoms with Crippen LogP contribution in [0, 0.1) is 23.2 Å². The maximum atomic E-state index is 13.0. The molecule has 3 rings (SSSR count). The van der Waals surface area contributed by atoms with Gasteiger partial charge in [-0.2, -0.15) is 5.26 Å². The monoisotopic (exact) mass is 432 g/mol. The molecule has 0 saturated carbocycles. The van der Waals surface area contributed by atoms with Gasteiger partial charge in [0.2, 0.25) is 5.91 Å². The molecule has 0 saturated heterocycles. The van der Waals surface area contributed by atoms with Crippen molar-refractivity contribution in [2.45, 2.75) is 39.2 Å². The van der Waals surface area contributed by atoms with E-state index in [2.05, 4.69) is 21.4 Å². The Bertz CT molecular complexity index is 1120. The van der Waals surface area contributed by atoms with Gasteiger partial charge in [-0.1, -0.05) is 26.0 Å². The van der Waals surface area contributed by atoms with Crippen molar-refractivity contribution >= 4 is 22.6 Å². The summed E-state index contributed by atoms with van der Waals surface area (Å²) in [6.07, 6.45) is 4.31. The van der Waals surface area contributed by atoms with Crippen molar-refractivity contribution in [1.29, 1.82) is 5.26 Å². The summed E-state index contributed by atoms with van der Waals surface area (Å²) in [7, 11) is 1.59. The molecule has 2 heterocycles. The Balaban J connectivity index is 1.73. The lowest BCUT2D eigenvalue weighted by Crippen LogP contribution is -2.40. The van der Waals surface area contributed by atoms with E-state index in [1.807, 2.05) is 38.1 Å². The van der Waals surface area contributed by atoms with Crippen LogP contribution in [0.5, 0.6) is 5.75 Å². The molecule has 2 unspecified atom stereocenters. The summed E-state index contributed by atoms with van der Waals surface area (Å²) in [4.78, 5) is 33.2. The maximum absolute atomic E-state index is 13.0. The predicted octanol–water partition coefficient (Wildman–Crippen LogP) is 4.06. The smallest absolute Gasteiger partial charge is 0.224 e. The van der Waals surface area contributed by atoms with Crippen LogP contribution in [0.3, 0.4) is 0 Å². The van der Waals surface area contributed by atoms with Gasteiger partial charge >= 0.3 is 0 Å². The number of amides is 1. The van der Waals surface area contributed by atoms with Crippen molar-refractivity contribution in [3.63, 3.8) is 0 Å². The molecule has 0 spiro atoms. The third-order valence-electron chi connectivity index (χ3n) is 5.34. The summed E-state index contributed by atoms with van der Waals surface area (Å²) in [5.41, 5.74) is 2.11. The van der Waals surface area contributed by atoms with Crippen molar-refractivity contribution in [2.75, 3.05) is 7.11 Å². The first-order valence-electron chi connectivity index (χ1n) is 10.7. The molecule has 1 amide bonds. The van der Waals surface area contributed by atoms with Crippen molar-refractivity contribution in [1.82, 2.24) is 15.3 Å². The second kappa shape index (κ2) is 10.6. The van der Waals surface area contributed by atoms with E-state index >= 15 is 0 Å². The zero-order valence-electron chi connectivity index (χ0n) is 18.6. The average molecular weight is 433 g/mol. The molecule has 3 aromatic rings. The molecule has 0 bridgehead atoms. The molecule has 0 fully saturated rings. The second-order valence-electron chi connectivity index (χ2n) is 8.31. The summed E-state index contributed by atoms with van der Waals surface area (Å²) in [6, 6.07) is 12.4. The van der Waals surface area contributed by atoms with Gasteiger partial charge in [0.25, 0.3) is 0 Å². The molecule has 0 aliphatic rings. The normalized spacial score (nSPS) is 12.8. The minimum absolute atomic E-state index is 0.0597. The van der Waals surface area contributed by atoms with E-state index in [1.54, 1.807) is 31.6 Å². The Morgan fingerprint density at radius 1 is 1.25 bits per heavy atom. The highest BCUT2D eigenvalue weighted by molar-refractivity contribution is 6.02. The fraction of sp³-hybridized carbons (Fsp3) is 0.360. The Kier molecular flexibility index (Phi) is 7.61. The number of carbonyl (C=O) groups excluding carboxylic acids is 2. The summed E-state index contributed by atoms with van der Waals surface area (Å²) in [5, 5.41) is 13.2. The first-order chi connectivity index (χ1) is 15.4. The lowest BCUT2D eigenvalue weighted by atomic mass is 9.90. The molecule has 32 heavy (non-hydrogen) atoms. The standard InChI is InChI=1S/C25H28N4O3/c1-16(2)10-18(25(31)28-19(14-26)11-17-6-5-9-27-15-17)12-23(30)22-13-20-21(29-22)7-4-8-24(20)32-3/h4-9,13,15-16,18-19,29H,10-12H2,1-3H3,(H,28,31). The molecule has 0 radical (unpaired) electrons. The van der Waals surface area contributed by atoms with Gasteiger partial charge in [-0.05, 0) is 42.2 Å². The Morgan fingerprint density at radius 3 is 2.72 bits per heavy atom. The number of rotatable bonds is 10. The first-order valence-corrected chi connectivity index (χ1v) is 10.7. The van der Waals surface area contributed by atoms with Crippen molar-refractivity contribution < 1.29 is 14.3 Å². The maximum Gasteiger partial charge on any atom is 0.224 e. The third kappa shape index (κ3) is 5.73. The minimum atomic E-state index is -0.686. The molecule has 2 atom stereocenters. The number of aromatic nitrogens is 2. The molecule has 2 aromatic heterocycles. The van der Waals surface area contributed by atoms with Gasteiger partial charge in [-0.3, -0.25) is 14.6 Å². The fourth-order valence-electron chi connectivity index (χ4n) is 3.81. The molecule has 7 nitrogen and oxygen atoms in total. The van der Waals surface area contributed by atoms with Crippen LogP contribution >= 0.6 is 0 Å². The van der Waals surface area contributed by atoms with Crippen LogP contribution in [-0.4, -0.2) is 34.8 Å². The predicted molar refractivity (Wildman–Crippen MR) is 122 cm³/mol. The second-order valence-corrected chi connectivity index (χ2v) is 8.31. The summed E-state index contributed by atoms with van der Waals surface area (Å²) < 4.78 is 5.37. The number of nitrogens with zero attached hydrogens (tertiary/aromatic N) is 2. The number of nitriles is 1. The zero-order valence-corrected chi connectivity index (χ0v) is 18.6. The number of H-pyrrole nitrogens is 1. The van der Waals surface area contributed by atoms with E-state index in [9.17, 15) is 14.9 Å². The molecule has 0 aliphatic carbocycles. The number of fused-ring (bicyclic) bond motifs is 1. The number of pyridine rings is 1. The zero-order chi connectivity index (χ0) is 23.1. The summed E-state index contributed by atoms with van der Waals surface area (Å²) in [5.74, 6) is -0.0525. The van der Waals surface area contributed by atoms with Crippen molar-refractivity contribution in [2.24, 2.45) is 11.8 Å². The highest BCUT2D eigenvalue weighted by Crippen LogP contribution is 2.27. The Labute approximate surface area is 187 Å². The average Bonchev–Trinajstić information content (AvgIpc) is 3.23. The number of benzene rings is 1. The lowest BCUT2D eigenvalue weighted by molar-refractivity contribution is -0.125. The van der Waals surface area contributed by atoms with E-state index in [1.165, 1.54) is 0 Å². The van der Waals surface area contributed by atoms with Gasteiger partial charge in [0.1, 0.15) is 11.8 Å². The van der Waals surface area contributed by atoms with Crippen LogP contribution in [0.2, 0.25) is 0 Å². The molecular weight excluding hydrogens is 404 g/mol. The fourth-order valence-corrected chi connectivity index (χ4v) is 3.81. The van der Waals surface area contributed by atoms with Crippen LogP contribution in [0.1, 0.15) is 42.7 Å². The van der Waals surface area contributed by atoms with Crippen LogP contribution in [0.15, 0.2) is 48.8 Å². The molecule has 7 heteroatoms. The number of nitrogens with one attached hydrogen (secondary N) is 2. The number of hydrogen-bond acceptors (Lipinski definition) is 5. The SMILES string of the molecule is COc1cccc2[nH]c(C(=O)CC(CC(C)C)C(=O)NC(C#N)Cc3cccnc3)cc12. The van der Waals surface area contributed by atoms with Crippen LogP contribution < -0.4 is 10.1 Å².